The van der Waals surface area contributed by atoms with Crippen molar-refractivity contribution in [3.63, 3.8) is 0 Å². The second kappa shape index (κ2) is 12.1. The van der Waals surface area contributed by atoms with Crippen LogP contribution in [0.2, 0.25) is 0 Å². The van der Waals surface area contributed by atoms with Crippen molar-refractivity contribution < 1.29 is 32.9 Å². The molecular formula is C30H31F3N2O4. The summed E-state index contributed by atoms with van der Waals surface area (Å²) in [6.45, 7) is 3.27. The van der Waals surface area contributed by atoms with E-state index in [4.69, 9.17) is 4.74 Å². The third-order valence-electron chi connectivity index (χ3n) is 7.56. The van der Waals surface area contributed by atoms with Gasteiger partial charge in [0.1, 0.15) is 11.6 Å². The number of aliphatic carboxylic acids is 1. The summed E-state index contributed by atoms with van der Waals surface area (Å²) < 4.78 is 46.0. The van der Waals surface area contributed by atoms with Crippen LogP contribution >= 0.6 is 0 Å². The summed E-state index contributed by atoms with van der Waals surface area (Å²) >= 11 is 0. The van der Waals surface area contributed by atoms with Gasteiger partial charge in [-0.25, -0.2) is 13.2 Å². The number of hydrogen-bond donors (Lipinski definition) is 2. The van der Waals surface area contributed by atoms with Crippen LogP contribution in [0.5, 0.6) is 5.75 Å². The van der Waals surface area contributed by atoms with E-state index in [2.05, 4.69) is 16.8 Å². The smallest absolute Gasteiger partial charge is 0.303 e. The number of methoxy groups -OCH3 is 1. The van der Waals surface area contributed by atoms with Gasteiger partial charge in [0.15, 0.2) is 11.6 Å². The number of piperidine rings is 1. The number of rotatable bonds is 8. The molecule has 0 aliphatic carbocycles. The lowest BCUT2D eigenvalue weighted by molar-refractivity contribution is -0.141. The Morgan fingerprint density at radius 1 is 1.21 bits per heavy atom. The molecule has 2 N–H and O–H groups in total. The Labute approximate surface area is 225 Å². The Morgan fingerprint density at radius 2 is 1.95 bits per heavy atom. The lowest BCUT2D eigenvalue weighted by Crippen LogP contribution is -2.41. The molecule has 4 rings (SSSR count). The van der Waals surface area contributed by atoms with Crippen molar-refractivity contribution in [1.82, 2.24) is 9.88 Å². The molecule has 6 nitrogen and oxygen atoms in total. The van der Waals surface area contributed by atoms with E-state index in [1.807, 2.05) is 30.0 Å². The normalized spacial score (nSPS) is 15.9. The van der Waals surface area contributed by atoms with Crippen LogP contribution in [-0.2, 0) is 4.79 Å². The van der Waals surface area contributed by atoms with Gasteiger partial charge < -0.3 is 14.9 Å². The number of aromatic nitrogens is 1. The first-order valence-electron chi connectivity index (χ1n) is 12.8. The topological polar surface area (TPSA) is 82.9 Å². The molecule has 206 valence electrons. The molecule has 0 spiro atoms. The monoisotopic (exact) mass is 540 g/mol. The summed E-state index contributed by atoms with van der Waals surface area (Å²) in [5.74, 6) is 1.66. The Bertz CT molecular complexity index is 1430. The van der Waals surface area contributed by atoms with Crippen molar-refractivity contribution in [3.8, 4) is 17.6 Å². The summed E-state index contributed by atoms with van der Waals surface area (Å²) in [4.78, 5) is 18.2. The highest BCUT2D eigenvalue weighted by molar-refractivity contribution is 5.84. The van der Waals surface area contributed by atoms with Gasteiger partial charge in [0.05, 0.1) is 37.3 Å². The van der Waals surface area contributed by atoms with Crippen molar-refractivity contribution in [2.24, 2.45) is 5.41 Å². The van der Waals surface area contributed by atoms with E-state index in [0.717, 1.165) is 28.1 Å². The first kappa shape index (κ1) is 28.4. The van der Waals surface area contributed by atoms with Gasteiger partial charge in [-0.1, -0.05) is 11.8 Å². The van der Waals surface area contributed by atoms with Crippen molar-refractivity contribution >= 4 is 16.9 Å². The zero-order valence-electron chi connectivity index (χ0n) is 21.9. The number of aliphatic hydroxyl groups excluding tert-OH is 1. The summed E-state index contributed by atoms with van der Waals surface area (Å²) in [6, 6.07) is 6.83. The average molecular weight is 541 g/mol. The highest BCUT2D eigenvalue weighted by Crippen LogP contribution is 2.42. The zero-order valence-corrected chi connectivity index (χ0v) is 21.9. The predicted octanol–water partition coefficient (Wildman–Crippen LogP) is 5.39. The van der Waals surface area contributed by atoms with Crippen LogP contribution in [0.1, 0.15) is 54.9 Å². The number of aliphatic hydroxyl groups is 1. The van der Waals surface area contributed by atoms with Crippen molar-refractivity contribution in [1.29, 1.82) is 0 Å². The van der Waals surface area contributed by atoms with Crippen LogP contribution in [0.4, 0.5) is 13.2 Å². The standard InChI is InChI=1S/C30H31F3N2O4/c1-19-18-34-25-6-5-22(39-2)16-23(25)28(19)26(36)7-8-30(17-27(37)38)9-12-35(13-10-30)11-3-4-20-14-21(31)15-24(32)29(20)33/h5-6,14-16,18,26,36H,7-13,17H2,1-2H3,(H,37,38). The maximum absolute atomic E-state index is 13.8. The summed E-state index contributed by atoms with van der Waals surface area (Å²) in [7, 11) is 1.58. The number of carboxylic acids is 1. The highest BCUT2D eigenvalue weighted by Gasteiger charge is 2.37. The number of likely N-dealkylation sites (tertiary alicyclic amines) is 1. The molecular weight excluding hydrogens is 509 g/mol. The van der Waals surface area contributed by atoms with Gasteiger partial charge >= 0.3 is 5.97 Å². The van der Waals surface area contributed by atoms with E-state index >= 15 is 0 Å². The number of ether oxygens (including phenoxy) is 1. The third kappa shape index (κ3) is 6.70. The van der Waals surface area contributed by atoms with Gasteiger partial charge in [-0.3, -0.25) is 14.7 Å². The van der Waals surface area contributed by atoms with E-state index in [-0.39, 0.29) is 18.5 Å². The molecule has 1 unspecified atom stereocenters. The molecule has 1 aliphatic rings. The molecule has 1 atom stereocenters. The van der Waals surface area contributed by atoms with E-state index in [1.165, 1.54) is 0 Å². The quantitative estimate of drug-likeness (QED) is 0.295. The fourth-order valence-electron chi connectivity index (χ4n) is 5.36. The molecule has 0 bridgehead atoms. The number of halogens is 3. The number of carbonyl (C=O) groups is 1. The number of hydrogen-bond acceptors (Lipinski definition) is 5. The van der Waals surface area contributed by atoms with Crippen LogP contribution in [0, 0.1) is 41.6 Å². The molecule has 1 saturated heterocycles. The van der Waals surface area contributed by atoms with E-state index in [1.54, 1.807) is 13.3 Å². The van der Waals surface area contributed by atoms with Crippen LogP contribution < -0.4 is 4.74 Å². The van der Waals surface area contributed by atoms with Crippen LogP contribution in [0.15, 0.2) is 36.5 Å². The minimum Gasteiger partial charge on any atom is -0.497 e. The Morgan fingerprint density at radius 3 is 2.64 bits per heavy atom. The van der Waals surface area contributed by atoms with Gasteiger partial charge in [0.2, 0.25) is 0 Å². The lowest BCUT2D eigenvalue weighted by Gasteiger charge is -2.41. The zero-order chi connectivity index (χ0) is 28.2. The number of benzene rings is 2. The first-order chi connectivity index (χ1) is 18.6. The molecule has 39 heavy (non-hydrogen) atoms. The number of pyridine rings is 1. The maximum Gasteiger partial charge on any atom is 0.303 e. The van der Waals surface area contributed by atoms with Gasteiger partial charge in [-0.15, -0.1) is 0 Å². The van der Waals surface area contributed by atoms with Crippen molar-refractivity contribution in [2.45, 2.75) is 45.1 Å². The van der Waals surface area contributed by atoms with E-state index < -0.39 is 34.9 Å². The lowest BCUT2D eigenvalue weighted by atomic mass is 9.71. The fourth-order valence-corrected chi connectivity index (χ4v) is 5.36. The van der Waals surface area contributed by atoms with Crippen LogP contribution in [0.25, 0.3) is 10.9 Å². The second-order valence-corrected chi connectivity index (χ2v) is 10.2. The maximum atomic E-state index is 13.8. The van der Waals surface area contributed by atoms with Crippen LogP contribution in [-0.4, -0.2) is 52.8 Å². The molecule has 2 heterocycles. The summed E-state index contributed by atoms with van der Waals surface area (Å²) in [5.41, 5.74) is 1.51. The minimum absolute atomic E-state index is 0.0169. The molecule has 0 radical (unpaired) electrons. The van der Waals surface area contributed by atoms with Gasteiger partial charge in [-0.05, 0) is 86.5 Å². The van der Waals surface area contributed by atoms with E-state index in [0.29, 0.717) is 50.6 Å². The molecule has 0 amide bonds. The van der Waals surface area contributed by atoms with E-state index in [9.17, 15) is 28.2 Å². The van der Waals surface area contributed by atoms with Gasteiger partial charge in [0.25, 0.3) is 0 Å². The number of nitrogens with zero attached hydrogens (tertiary/aromatic N) is 2. The SMILES string of the molecule is COc1ccc2ncc(C)c(C(O)CCC3(CC(=O)O)CCN(CC#Cc4cc(F)cc(F)c4F)CC3)c2c1. The average Bonchev–Trinajstić information content (AvgIpc) is 2.90. The first-order valence-corrected chi connectivity index (χ1v) is 12.8. The van der Waals surface area contributed by atoms with Crippen molar-refractivity contribution in [3.05, 3.63) is 70.7 Å². The largest absolute Gasteiger partial charge is 0.497 e. The Balaban J connectivity index is 1.44. The molecule has 1 aliphatic heterocycles. The summed E-state index contributed by atoms with van der Waals surface area (Å²) in [5, 5.41) is 21.7. The number of fused-ring (bicyclic) bond motifs is 1. The molecule has 1 fully saturated rings. The minimum atomic E-state index is -1.29. The predicted molar refractivity (Wildman–Crippen MR) is 141 cm³/mol. The Hall–Kier alpha value is -3.61. The molecule has 0 saturated carbocycles. The second-order valence-electron chi connectivity index (χ2n) is 10.2. The Kier molecular flexibility index (Phi) is 8.78. The molecule has 2 aromatic carbocycles. The fraction of sp³-hybridized carbons (Fsp3) is 0.400. The van der Waals surface area contributed by atoms with Gasteiger partial charge in [0, 0.05) is 17.6 Å². The number of carboxylic acid groups (broad SMARTS) is 1. The van der Waals surface area contributed by atoms with Crippen molar-refractivity contribution in [2.75, 3.05) is 26.7 Å². The molecule has 9 heteroatoms. The van der Waals surface area contributed by atoms with Crippen LogP contribution in [0.3, 0.4) is 0 Å². The third-order valence-corrected chi connectivity index (χ3v) is 7.56. The number of aryl methyl sites for hydroxylation is 1. The molecule has 1 aromatic heterocycles. The highest BCUT2D eigenvalue weighted by atomic mass is 19.2. The molecule has 3 aromatic rings. The van der Waals surface area contributed by atoms with Gasteiger partial charge in [-0.2, -0.15) is 0 Å². The summed E-state index contributed by atoms with van der Waals surface area (Å²) in [6.07, 6.45) is 2.97.